The lowest BCUT2D eigenvalue weighted by Crippen LogP contribution is -2.58. The van der Waals surface area contributed by atoms with Gasteiger partial charge >= 0.3 is 0 Å². The van der Waals surface area contributed by atoms with Gasteiger partial charge in [0.25, 0.3) is 6.71 Å². The third-order valence-electron chi connectivity index (χ3n) is 9.80. The van der Waals surface area contributed by atoms with Gasteiger partial charge in [0.2, 0.25) is 0 Å². The zero-order valence-corrected chi connectivity index (χ0v) is 22.4. The van der Waals surface area contributed by atoms with Crippen molar-refractivity contribution in [3.05, 3.63) is 114 Å². The predicted octanol–water partition coefficient (Wildman–Crippen LogP) is 6.85. The maximum absolute atomic E-state index is 2.64. The lowest BCUT2D eigenvalue weighted by atomic mass is 9.37. The van der Waals surface area contributed by atoms with E-state index in [1.54, 1.807) is 0 Å². The summed E-state index contributed by atoms with van der Waals surface area (Å²) in [5.74, 6) is 0. The van der Waals surface area contributed by atoms with Crippen LogP contribution in [0.2, 0.25) is 0 Å². The lowest BCUT2D eigenvalue weighted by Gasteiger charge is -2.32. The highest BCUT2D eigenvalue weighted by molar-refractivity contribution is 7.33. The third-order valence-corrected chi connectivity index (χ3v) is 11.0. The molecule has 3 aromatic heterocycles. The number of para-hydroxylation sites is 2. The number of rotatable bonds is 0. The molecule has 4 heteroatoms. The molecule has 8 aromatic rings. The van der Waals surface area contributed by atoms with Gasteiger partial charge in [-0.3, -0.25) is 0 Å². The molecule has 184 valence electrons. The van der Waals surface area contributed by atoms with Gasteiger partial charge in [-0.25, -0.2) is 0 Å². The molecular formula is C36H21BN2S. The molecule has 0 unspecified atom stereocenters. The van der Waals surface area contributed by atoms with Crippen molar-refractivity contribution >= 4 is 76.5 Å². The molecule has 5 aromatic carbocycles. The van der Waals surface area contributed by atoms with E-state index in [2.05, 4.69) is 112 Å². The monoisotopic (exact) mass is 524 g/mol. The van der Waals surface area contributed by atoms with Gasteiger partial charge in [-0.1, -0.05) is 78.9 Å². The Kier molecular flexibility index (Phi) is 3.45. The molecule has 0 amide bonds. The number of benzene rings is 5. The topological polar surface area (TPSA) is 9.86 Å². The van der Waals surface area contributed by atoms with E-state index in [4.69, 9.17) is 0 Å². The van der Waals surface area contributed by atoms with E-state index >= 15 is 0 Å². The van der Waals surface area contributed by atoms with Gasteiger partial charge < -0.3 is 9.13 Å². The summed E-state index contributed by atoms with van der Waals surface area (Å²) in [4.78, 5) is 0. The second-order valence-corrected chi connectivity index (χ2v) is 12.6. The normalized spacial score (nSPS) is 14.2. The SMILES string of the molecule is c1ccc2c(c1)CCc1c-2n2c3c4c5c(cc13)c1ccccc1n5-c1c(sc3ccccc13)B4c1ccccc1-2. The third kappa shape index (κ3) is 2.14. The molecule has 0 saturated carbocycles. The van der Waals surface area contributed by atoms with E-state index in [0.717, 1.165) is 12.8 Å². The fourth-order valence-corrected chi connectivity index (χ4v) is 9.66. The quantitative estimate of drug-likeness (QED) is 0.192. The summed E-state index contributed by atoms with van der Waals surface area (Å²) >= 11 is 1.99. The van der Waals surface area contributed by atoms with E-state index in [1.807, 2.05) is 11.3 Å². The van der Waals surface area contributed by atoms with Crippen LogP contribution in [0.4, 0.5) is 0 Å². The molecule has 11 rings (SSSR count). The van der Waals surface area contributed by atoms with Crippen LogP contribution in [0.5, 0.6) is 0 Å². The summed E-state index contributed by atoms with van der Waals surface area (Å²) in [6.07, 6.45) is 2.18. The van der Waals surface area contributed by atoms with Crippen molar-refractivity contribution in [2.75, 3.05) is 0 Å². The van der Waals surface area contributed by atoms with Crippen LogP contribution >= 0.6 is 11.3 Å². The molecule has 0 radical (unpaired) electrons. The Balaban J connectivity index is 1.46. The molecule has 1 aliphatic carbocycles. The van der Waals surface area contributed by atoms with Gasteiger partial charge in [0.1, 0.15) is 0 Å². The van der Waals surface area contributed by atoms with Crippen molar-refractivity contribution in [2.45, 2.75) is 12.8 Å². The van der Waals surface area contributed by atoms with Crippen LogP contribution in [0.3, 0.4) is 0 Å². The predicted molar refractivity (Wildman–Crippen MR) is 170 cm³/mol. The minimum Gasteiger partial charge on any atom is -0.310 e. The zero-order valence-electron chi connectivity index (χ0n) is 21.6. The maximum Gasteiger partial charge on any atom is 0.264 e. The van der Waals surface area contributed by atoms with Crippen LogP contribution in [0.25, 0.3) is 65.4 Å². The van der Waals surface area contributed by atoms with Gasteiger partial charge in [0, 0.05) is 42.3 Å². The lowest BCUT2D eigenvalue weighted by molar-refractivity contribution is 0.934. The Hall–Kier alpha value is -4.54. The zero-order chi connectivity index (χ0) is 25.7. The summed E-state index contributed by atoms with van der Waals surface area (Å²) in [7, 11) is 0. The first-order valence-electron chi connectivity index (χ1n) is 14.2. The minimum atomic E-state index is 0.228. The van der Waals surface area contributed by atoms with Crippen LogP contribution in [0.15, 0.2) is 103 Å². The summed E-state index contributed by atoms with van der Waals surface area (Å²) in [5.41, 5.74) is 15.6. The average molecular weight is 524 g/mol. The summed E-state index contributed by atoms with van der Waals surface area (Å²) < 4.78 is 8.10. The Labute approximate surface area is 234 Å². The Bertz CT molecular complexity index is 2450. The van der Waals surface area contributed by atoms with Crippen molar-refractivity contribution < 1.29 is 0 Å². The van der Waals surface area contributed by atoms with Crippen LogP contribution in [0, 0.1) is 0 Å². The molecule has 0 spiro atoms. The molecule has 3 aliphatic rings. The van der Waals surface area contributed by atoms with Crippen molar-refractivity contribution in [2.24, 2.45) is 0 Å². The van der Waals surface area contributed by atoms with E-state index in [9.17, 15) is 0 Å². The molecule has 2 aliphatic heterocycles. The molecule has 0 atom stereocenters. The number of hydrogen-bond acceptors (Lipinski definition) is 1. The fourth-order valence-electron chi connectivity index (χ4n) is 8.34. The summed E-state index contributed by atoms with van der Waals surface area (Å²) in [6, 6.07) is 38.9. The van der Waals surface area contributed by atoms with Crippen molar-refractivity contribution in [3.63, 3.8) is 0 Å². The van der Waals surface area contributed by atoms with Gasteiger partial charge in [0.05, 0.1) is 27.9 Å². The first-order valence-corrected chi connectivity index (χ1v) is 15.0. The molecule has 0 saturated heterocycles. The highest BCUT2D eigenvalue weighted by Crippen LogP contribution is 2.47. The van der Waals surface area contributed by atoms with Gasteiger partial charge in [0.15, 0.2) is 0 Å². The highest BCUT2D eigenvalue weighted by atomic mass is 32.1. The standard InChI is InChI=1S/C36H21BN2S/c1-2-10-21-20(9-1)17-18-23-26-19-25-22-11-3-6-14-28(22)38-33(25)31-34(26)39(32(21)23)29-15-7-5-13-27(29)37(31)36-35(38)24-12-4-8-16-30(24)40-36/h1-16,19H,17-18H2. The van der Waals surface area contributed by atoms with E-state index < -0.39 is 0 Å². The van der Waals surface area contributed by atoms with E-state index in [0.29, 0.717) is 0 Å². The van der Waals surface area contributed by atoms with Crippen LogP contribution in [-0.2, 0) is 12.8 Å². The van der Waals surface area contributed by atoms with Crippen molar-refractivity contribution in [1.29, 1.82) is 0 Å². The number of fused-ring (bicyclic) bond motifs is 16. The Morgan fingerprint density at radius 3 is 2.40 bits per heavy atom. The number of hydrogen-bond donors (Lipinski definition) is 0. The van der Waals surface area contributed by atoms with Gasteiger partial charge in [-0.15, -0.1) is 11.3 Å². The largest absolute Gasteiger partial charge is 0.310 e. The number of aryl methyl sites for hydroxylation is 2. The first kappa shape index (κ1) is 20.4. The molecule has 2 nitrogen and oxygen atoms in total. The van der Waals surface area contributed by atoms with E-state index in [-0.39, 0.29) is 6.71 Å². The smallest absolute Gasteiger partial charge is 0.264 e. The molecule has 0 fully saturated rings. The van der Waals surface area contributed by atoms with Gasteiger partial charge in [-0.05, 0) is 59.2 Å². The summed E-state index contributed by atoms with van der Waals surface area (Å²) in [6.45, 7) is 0.228. The molecular weight excluding hydrogens is 503 g/mol. The molecule has 0 N–H and O–H groups in total. The summed E-state index contributed by atoms with van der Waals surface area (Å²) in [5, 5.41) is 5.55. The van der Waals surface area contributed by atoms with Crippen LogP contribution in [0.1, 0.15) is 11.1 Å². The van der Waals surface area contributed by atoms with Crippen LogP contribution in [-0.4, -0.2) is 15.8 Å². The maximum atomic E-state index is 2.64. The molecule has 5 heterocycles. The fraction of sp³-hybridized carbons (Fsp3) is 0.0556. The first-order chi connectivity index (χ1) is 19.9. The minimum absolute atomic E-state index is 0.228. The average Bonchev–Trinajstić information content (AvgIpc) is 3.67. The Morgan fingerprint density at radius 2 is 1.43 bits per heavy atom. The number of nitrogens with zero attached hydrogens (tertiary/aromatic N) is 2. The number of thiophene rings is 1. The van der Waals surface area contributed by atoms with E-state index in [1.165, 1.54) is 92.3 Å². The second kappa shape index (κ2) is 6.78. The van der Waals surface area contributed by atoms with Gasteiger partial charge in [-0.2, -0.15) is 0 Å². The Morgan fingerprint density at radius 1 is 0.650 bits per heavy atom. The second-order valence-electron chi connectivity index (χ2n) is 11.6. The highest BCUT2D eigenvalue weighted by Gasteiger charge is 2.43. The van der Waals surface area contributed by atoms with Crippen LogP contribution < -0.4 is 15.7 Å². The number of aromatic nitrogens is 2. The molecule has 0 bridgehead atoms. The van der Waals surface area contributed by atoms with Crippen molar-refractivity contribution in [3.8, 4) is 22.6 Å². The molecule has 40 heavy (non-hydrogen) atoms. The van der Waals surface area contributed by atoms with Crippen molar-refractivity contribution in [1.82, 2.24) is 9.13 Å².